The molecule has 0 aromatic carbocycles. The van der Waals surface area contributed by atoms with Crippen LogP contribution < -0.4 is 0 Å². The van der Waals surface area contributed by atoms with Crippen LogP contribution in [0.4, 0.5) is 0 Å². The van der Waals surface area contributed by atoms with Crippen LogP contribution in [0.1, 0.15) is 37.9 Å². The van der Waals surface area contributed by atoms with E-state index in [-0.39, 0.29) is 0 Å². The Bertz CT molecular complexity index is 585. The number of imidazole rings is 1. The molecule has 1 fully saturated rings. The van der Waals surface area contributed by atoms with E-state index in [1.807, 2.05) is 0 Å². The molecule has 20 heavy (non-hydrogen) atoms. The van der Waals surface area contributed by atoms with E-state index < -0.39 is 0 Å². The molecule has 2 aromatic rings. The molecule has 0 aliphatic carbocycles. The van der Waals surface area contributed by atoms with Crippen molar-refractivity contribution in [2.75, 3.05) is 13.1 Å². The predicted octanol–water partition coefficient (Wildman–Crippen LogP) is 3.31. The van der Waals surface area contributed by atoms with E-state index in [0.717, 1.165) is 18.0 Å². The second-order valence-corrected chi connectivity index (χ2v) is 6.46. The Hall–Kier alpha value is -1.35. The number of nitrogens with zero attached hydrogens (tertiary/aromatic N) is 3. The summed E-state index contributed by atoms with van der Waals surface area (Å²) in [5.41, 5.74) is 3.61. The van der Waals surface area contributed by atoms with Gasteiger partial charge in [-0.1, -0.05) is 6.07 Å². The molecule has 108 valence electrons. The van der Waals surface area contributed by atoms with Crippen LogP contribution in [0, 0.1) is 12.8 Å². The van der Waals surface area contributed by atoms with Crippen molar-refractivity contribution in [2.24, 2.45) is 5.92 Å². The summed E-state index contributed by atoms with van der Waals surface area (Å²) in [5, 5.41) is 0. The summed E-state index contributed by atoms with van der Waals surface area (Å²) in [6.07, 6.45) is 8.09. The van der Waals surface area contributed by atoms with Crippen LogP contribution in [0.25, 0.3) is 5.65 Å². The Morgan fingerprint density at radius 3 is 3.00 bits per heavy atom. The highest BCUT2D eigenvalue weighted by molar-refractivity contribution is 5.47. The van der Waals surface area contributed by atoms with Gasteiger partial charge in [0.1, 0.15) is 5.65 Å². The Kier molecular flexibility index (Phi) is 3.79. The van der Waals surface area contributed by atoms with Gasteiger partial charge in [0, 0.05) is 25.0 Å². The third-order valence-electron chi connectivity index (χ3n) is 4.51. The highest BCUT2D eigenvalue weighted by Gasteiger charge is 2.22. The molecule has 0 amide bonds. The molecule has 1 saturated heterocycles. The van der Waals surface area contributed by atoms with Crippen molar-refractivity contribution in [2.45, 2.75) is 46.1 Å². The molecule has 3 heteroatoms. The van der Waals surface area contributed by atoms with Crippen molar-refractivity contribution in [1.82, 2.24) is 14.3 Å². The zero-order chi connectivity index (χ0) is 14.1. The first-order chi connectivity index (χ1) is 9.63. The number of hydrogen-bond donors (Lipinski definition) is 0. The average molecular weight is 271 g/mol. The van der Waals surface area contributed by atoms with Crippen molar-refractivity contribution in [3.63, 3.8) is 0 Å². The molecular formula is C17H25N3. The maximum Gasteiger partial charge on any atom is 0.139 e. The van der Waals surface area contributed by atoms with Crippen molar-refractivity contribution in [1.29, 1.82) is 0 Å². The van der Waals surface area contributed by atoms with E-state index in [1.54, 1.807) is 0 Å². The zero-order valence-electron chi connectivity index (χ0n) is 12.8. The SMILES string of the molecule is Cc1cccn2cc(CC3CCCN(C(C)C)C3)nc12. The third kappa shape index (κ3) is 2.73. The predicted molar refractivity (Wildman–Crippen MR) is 83.1 cm³/mol. The van der Waals surface area contributed by atoms with Gasteiger partial charge in [-0.3, -0.25) is 0 Å². The van der Waals surface area contributed by atoms with Gasteiger partial charge in [-0.2, -0.15) is 0 Å². The lowest BCUT2D eigenvalue weighted by Gasteiger charge is -2.35. The standard InChI is InChI=1S/C17H25N3/c1-13(2)19-8-5-7-15(11-19)10-16-12-20-9-4-6-14(3)17(20)18-16/h4,6,9,12-13,15H,5,7-8,10-11H2,1-3H3. The summed E-state index contributed by atoms with van der Waals surface area (Å²) < 4.78 is 2.16. The van der Waals surface area contributed by atoms with Crippen LogP contribution in [0.3, 0.4) is 0 Å². The summed E-state index contributed by atoms with van der Waals surface area (Å²) in [7, 11) is 0. The lowest BCUT2D eigenvalue weighted by molar-refractivity contribution is 0.139. The van der Waals surface area contributed by atoms with Gasteiger partial charge in [0.05, 0.1) is 5.69 Å². The minimum atomic E-state index is 0.668. The summed E-state index contributed by atoms with van der Waals surface area (Å²) in [4.78, 5) is 7.43. The van der Waals surface area contributed by atoms with Crippen LogP contribution in [0.2, 0.25) is 0 Å². The number of fused-ring (bicyclic) bond motifs is 1. The van der Waals surface area contributed by atoms with Crippen LogP contribution in [0.15, 0.2) is 24.5 Å². The third-order valence-corrected chi connectivity index (χ3v) is 4.51. The summed E-state index contributed by atoms with van der Waals surface area (Å²) in [6, 6.07) is 4.89. The van der Waals surface area contributed by atoms with E-state index >= 15 is 0 Å². The first kappa shape index (κ1) is 13.6. The van der Waals surface area contributed by atoms with E-state index in [9.17, 15) is 0 Å². The van der Waals surface area contributed by atoms with Gasteiger partial charge in [-0.15, -0.1) is 0 Å². The molecule has 1 aliphatic heterocycles. The van der Waals surface area contributed by atoms with Crippen LogP contribution in [-0.2, 0) is 6.42 Å². The molecule has 1 unspecified atom stereocenters. The van der Waals surface area contributed by atoms with Crippen LogP contribution >= 0.6 is 0 Å². The van der Waals surface area contributed by atoms with Crippen molar-refractivity contribution < 1.29 is 0 Å². The largest absolute Gasteiger partial charge is 0.307 e. The molecule has 3 rings (SSSR count). The first-order valence-corrected chi connectivity index (χ1v) is 7.80. The number of likely N-dealkylation sites (tertiary alicyclic amines) is 1. The van der Waals surface area contributed by atoms with Gasteiger partial charge >= 0.3 is 0 Å². The normalized spacial score (nSPS) is 20.9. The van der Waals surface area contributed by atoms with Crippen LogP contribution in [0.5, 0.6) is 0 Å². The van der Waals surface area contributed by atoms with E-state index in [0.29, 0.717) is 6.04 Å². The fourth-order valence-electron chi connectivity index (χ4n) is 3.33. The van der Waals surface area contributed by atoms with Crippen molar-refractivity contribution in [3.05, 3.63) is 35.8 Å². The number of aromatic nitrogens is 2. The van der Waals surface area contributed by atoms with Gasteiger partial charge in [-0.25, -0.2) is 4.98 Å². The van der Waals surface area contributed by atoms with Crippen molar-refractivity contribution in [3.8, 4) is 0 Å². The number of pyridine rings is 1. The molecule has 1 atom stereocenters. The van der Waals surface area contributed by atoms with Gasteiger partial charge in [-0.05, 0) is 64.1 Å². The fraction of sp³-hybridized carbons (Fsp3) is 0.588. The highest BCUT2D eigenvalue weighted by Crippen LogP contribution is 2.22. The summed E-state index contributed by atoms with van der Waals surface area (Å²) in [5.74, 6) is 0.761. The maximum atomic E-state index is 4.82. The van der Waals surface area contributed by atoms with Gasteiger partial charge < -0.3 is 9.30 Å². The maximum absolute atomic E-state index is 4.82. The monoisotopic (exact) mass is 271 g/mol. The number of piperidine rings is 1. The number of aryl methyl sites for hydroxylation is 1. The fourth-order valence-corrected chi connectivity index (χ4v) is 3.33. The molecule has 0 bridgehead atoms. The second-order valence-electron chi connectivity index (χ2n) is 6.46. The highest BCUT2D eigenvalue weighted by atomic mass is 15.2. The quantitative estimate of drug-likeness (QED) is 0.854. The molecule has 3 heterocycles. The van der Waals surface area contributed by atoms with Crippen LogP contribution in [-0.4, -0.2) is 33.4 Å². The molecule has 0 radical (unpaired) electrons. The molecule has 3 nitrogen and oxygen atoms in total. The first-order valence-electron chi connectivity index (χ1n) is 7.80. The Morgan fingerprint density at radius 1 is 1.40 bits per heavy atom. The molecule has 0 saturated carbocycles. The van der Waals surface area contributed by atoms with Gasteiger partial charge in [0.2, 0.25) is 0 Å². The Morgan fingerprint density at radius 2 is 2.25 bits per heavy atom. The second kappa shape index (κ2) is 5.57. The van der Waals surface area contributed by atoms with E-state index in [2.05, 4.69) is 54.6 Å². The topological polar surface area (TPSA) is 20.5 Å². The Labute approximate surface area is 121 Å². The van der Waals surface area contributed by atoms with E-state index in [1.165, 1.54) is 37.2 Å². The Balaban J connectivity index is 1.74. The van der Waals surface area contributed by atoms with Crippen molar-refractivity contribution >= 4 is 5.65 Å². The lowest BCUT2D eigenvalue weighted by atomic mass is 9.93. The number of rotatable bonds is 3. The van der Waals surface area contributed by atoms with E-state index in [4.69, 9.17) is 4.98 Å². The average Bonchev–Trinajstić information content (AvgIpc) is 2.83. The van der Waals surface area contributed by atoms with Gasteiger partial charge in [0.25, 0.3) is 0 Å². The minimum absolute atomic E-state index is 0.668. The smallest absolute Gasteiger partial charge is 0.139 e. The number of hydrogen-bond acceptors (Lipinski definition) is 2. The molecule has 0 N–H and O–H groups in total. The molecular weight excluding hydrogens is 246 g/mol. The van der Waals surface area contributed by atoms with Gasteiger partial charge in [0.15, 0.2) is 0 Å². The summed E-state index contributed by atoms with van der Waals surface area (Å²) in [6.45, 7) is 9.23. The zero-order valence-corrected chi connectivity index (χ0v) is 12.8. The summed E-state index contributed by atoms with van der Waals surface area (Å²) >= 11 is 0. The lowest BCUT2D eigenvalue weighted by Crippen LogP contribution is -2.40. The molecule has 1 aliphatic rings. The minimum Gasteiger partial charge on any atom is -0.307 e. The molecule has 0 spiro atoms. The molecule has 2 aromatic heterocycles.